The van der Waals surface area contributed by atoms with Crippen molar-refractivity contribution in [3.05, 3.63) is 21.6 Å². The summed E-state index contributed by atoms with van der Waals surface area (Å²) >= 11 is 5.97. The van der Waals surface area contributed by atoms with Gasteiger partial charge in [-0.3, -0.25) is 4.79 Å². The molecule has 18 heavy (non-hydrogen) atoms. The van der Waals surface area contributed by atoms with Crippen LogP contribution in [-0.2, 0) is 16.0 Å². The lowest BCUT2D eigenvalue weighted by atomic mass is 10.3. The minimum Gasteiger partial charge on any atom is -0.382 e. The molecule has 1 heterocycles. The van der Waals surface area contributed by atoms with Gasteiger partial charge in [0.2, 0.25) is 0 Å². The van der Waals surface area contributed by atoms with Gasteiger partial charge in [-0.15, -0.1) is 0 Å². The summed E-state index contributed by atoms with van der Waals surface area (Å²) in [7, 11) is 3.20. The van der Waals surface area contributed by atoms with Crippen LogP contribution in [0, 0.1) is 0 Å². The summed E-state index contributed by atoms with van der Waals surface area (Å²) in [6, 6.07) is 0. The van der Waals surface area contributed by atoms with E-state index in [1.54, 1.807) is 14.2 Å². The number of methoxy groups -OCH3 is 2. The molecule has 0 aliphatic rings. The van der Waals surface area contributed by atoms with Gasteiger partial charge in [0.15, 0.2) is 0 Å². The van der Waals surface area contributed by atoms with E-state index in [1.165, 1.54) is 10.9 Å². The van der Waals surface area contributed by atoms with Gasteiger partial charge in [0.1, 0.15) is 5.02 Å². The number of aryl methyl sites for hydroxylation is 1. The molecule has 1 unspecified atom stereocenters. The van der Waals surface area contributed by atoms with Gasteiger partial charge < -0.3 is 14.8 Å². The fourth-order valence-electron chi connectivity index (χ4n) is 1.43. The third kappa shape index (κ3) is 3.69. The highest BCUT2D eigenvalue weighted by molar-refractivity contribution is 6.32. The molecule has 1 aromatic heterocycles. The van der Waals surface area contributed by atoms with E-state index in [4.69, 9.17) is 21.1 Å². The van der Waals surface area contributed by atoms with Gasteiger partial charge in [0, 0.05) is 27.3 Å². The smallest absolute Gasteiger partial charge is 0.287 e. The van der Waals surface area contributed by atoms with Gasteiger partial charge >= 0.3 is 0 Å². The zero-order valence-electron chi connectivity index (χ0n) is 10.8. The predicted octanol–water partition coefficient (Wildman–Crippen LogP) is 0.990. The lowest BCUT2D eigenvalue weighted by molar-refractivity contribution is 0.0365. The minimum atomic E-state index is -0.301. The maximum atomic E-state index is 11.7. The first kappa shape index (κ1) is 14.9. The van der Waals surface area contributed by atoms with Crippen LogP contribution in [0.25, 0.3) is 0 Å². The lowest BCUT2D eigenvalue weighted by Crippen LogP contribution is -2.28. The summed E-state index contributed by atoms with van der Waals surface area (Å²) in [6.45, 7) is 3.27. The molecule has 0 saturated heterocycles. The van der Waals surface area contributed by atoms with Crippen LogP contribution in [0.3, 0.4) is 0 Å². The third-order valence-electron chi connectivity index (χ3n) is 2.49. The van der Waals surface area contributed by atoms with Crippen molar-refractivity contribution in [1.82, 2.24) is 9.78 Å². The number of nitrogens with zero attached hydrogens (tertiary/aromatic N) is 2. The second kappa shape index (κ2) is 7.35. The molecule has 102 valence electrons. The van der Waals surface area contributed by atoms with Crippen LogP contribution in [0.2, 0.25) is 5.02 Å². The van der Waals surface area contributed by atoms with Crippen LogP contribution in [0.15, 0.2) is 11.0 Å². The van der Waals surface area contributed by atoms with Gasteiger partial charge in [-0.1, -0.05) is 11.6 Å². The zero-order valence-corrected chi connectivity index (χ0v) is 11.5. The Balaban J connectivity index is 2.74. The van der Waals surface area contributed by atoms with Crippen LogP contribution in [0.4, 0.5) is 5.69 Å². The Hall–Kier alpha value is -1.11. The second-order valence-corrected chi connectivity index (χ2v) is 4.07. The van der Waals surface area contributed by atoms with Crippen LogP contribution in [0.5, 0.6) is 0 Å². The monoisotopic (exact) mass is 275 g/mol. The van der Waals surface area contributed by atoms with Crippen LogP contribution in [-0.4, -0.2) is 43.3 Å². The number of hydrogen-bond acceptors (Lipinski definition) is 5. The SMILES string of the molecule is CCn1ncc(NCC(COC)OC)c(Cl)c1=O. The molecule has 0 bridgehead atoms. The van der Waals surface area contributed by atoms with E-state index in [1.807, 2.05) is 6.92 Å². The molecule has 0 amide bonds. The molecule has 1 rings (SSSR count). The number of nitrogens with one attached hydrogen (secondary N) is 1. The van der Waals surface area contributed by atoms with Crippen LogP contribution >= 0.6 is 11.6 Å². The van der Waals surface area contributed by atoms with Crippen molar-refractivity contribution in [1.29, 1.82) is 0 Å². The number of aromatic nitrogens is 2. The summed E-state index contributed by atoms with van der Waals surface area (Å²) < 4.78 is 11.5. The molecular weight excluding hydrogens is 258 g/mol. The first-order valence-electron chi connectivity index (χ1n) is 5.65. The van der Waals surface area contributed by atoms with Crippen LogP contribution < -0.4 is 10.9 Å². The number of anilines is 1. The maximum absolute atomic E-state index is 11.7. The summed E-state index contributed by atoms with van der Waals surface area (Å²) in [5.41, 5.74) is 0.203. The fourth-order valence-corrected chi connectivity index (χ4v) is 1.65. The molecular formula is C11H18ClN3O3. The van der Waals surface area contributed by atoms with Crippen molar-refractivity contribution in [3.63, 3.8) is 0 Å². The molecule has 0 saturated carbocycles. The molecule has 0 spiro atoms. The van der Waals surface area contributed by atoms with Crippen molar-refractivity contribution in [2.24, 2.45) is 0 Å². The van der Waals surface area contributed by atoms with Crippen molar-refractivity contribution in [3.8, 4) is 0 Å². The normalized spacial score (nSPS) is 12.4. The first-order valence-corrected chi connectivity index (χ1v) is 6.03. The Labute approximate surface area is 111 Å². The molecule has 1 N–H and O–H groups in total. The summed E-state index contributed by atoms with van der Waals surface area (Å²) in [6.07, 6.45) is 1.42. The van der Waals surface area contributed by atoms with Gasteiger partial charge in [-0.05, 0) is 6.92 Å². The maximum Gasteiger partial charge on any atom is 0.287 e. The predicted molar refractivity (Wildman–Crippen MR) is 70.3 cm³/mol. The highest BCUT2D eigenvalue weighted by Gasteiger charge is 2.11. The lowest BCUT2D eigenvalue weighted by Gasteiger charge is -2.16. The molecule has 0 aliphatic carbocycles. The topological polar surface area (TPSA) is 65.4 Å². The second-order valence-electron chi connectivity index (χ2n) is 3.69. The van der Waals surface area contributed by atoms with E-state index in [9.17, 15) is 4.79 Å². The third-order valence-corrected chi connectivity index (χ3v) is 2.86. The van der Waals surface area contributed by atoms with Crippen LogP contribution in [0.1, 0.15) is 6.92 Å². The Morgan fingerprint density at radius 2 is 2.28 bits per heavy atom. The van der Waals surface area contributed by atoms with E-state index < -0.39 is 0 Å². The largest absolute Gasteiger partial charge is 0.382 e. The van der Waals surface area contributed by atoms with Crippen molar-refractivity contribution in [2.75, 3.05) is 32.7 Å². The number of halogens is 1. The quantitative estimate of drug-likeness (QED) is 0.804. The van der Waals surface area contributed by atoms with E-state index >= 15 is 0 Å². The first-order chi connectivity index (χ1) is 8.63. The Kier molecular flexibility index (Phi) is 6.11. The van der Waals surface area contributed by atoms with E-state index in [0.29, 0.717) is 25.4 Å². The van der Waals surface area contributed by atoms with Gasteiger partial charge in [0.05, 0.1) is 24.6 Å². The van der Waals surface area contributed by atoms with Gasteiger partial charge in [-0.25, -0.2) is 4.68 Å². The molecule has 7 heteroatoms. The fraction of sp³-hybridized carbons (Fsp3) is 0.636. The van der Waals surface area contributed by atoms with Crippen molar-refractivity contribution >= 4 is 17.3 Å². The molecule has 0 fully saturated rings. The van der Waals surface area contributed by atoms with Gasteiger partial charge in [0.25, 0.3) is 5.56 Å². The molecule has 1 atom stereocenters. The Morgan fingerprint density at radius 3 is 2.83 bits per heavy atom. The Morgan fingerprint density at radius 1 is 1.56 bits per heavy atom. The standard InChI is InChI=1S/C11H18ClN3O3/c1-4-15-11(16)10(12)9(6-14-15)13-5-8(18-3)7-17-2/h6,8,13H,4-5,7H2,1-3H3. The highest BCUT2D eigenvalue weighted by Crippen LogP contribution is 2.15. The number of hydrogen-bond donors (Lipinski definition) is 1. The molecule has 0 aliphatic heterocycles. The van der Waals surface area contributed by atoms with Crippen molar-refractivity contribution < 1.29 is 9.47 Å². The molecule has 1 aromatic rings. The Bertz CT molecular complexity index is 436. The van der Waals surface area contributed by atoms with E-state index in [2.05, 4.69) is 10.4 Å². The summed E-state index contributed by atoms with van der Waals surface area (Å²) in [5.74, 6) is 0. The average Bonchev–Trinajstić information content (AvgIpc) is 2.39. The number of rotatable bonds is 7. The molecule has 0 aromatic carbocycles. The average molecular weight is 276 g/mol. The highest BCUT2D eigenvalue weighted by atomic mass is 35.5. The molecule has 6 nitrogen and oxygen atoms in total. The molecule has 0 radical (unpaired) electrons. The van der Waals surface area contributed by atoms with Crippen molar-refractivity contribution in [2.45, 2.75) is 19.6 Å². The summed E-state index contributed by atoms with van der Waals surface area (Å²) in [4.78, 5) is 11.7. The number of ether oxygens (including phenoxy) is 2. The summed E-state index contributed by atoms with van der Waals surface area (Å²) in [5, 5.41) is 7.16. The van der Waals surface area contributed by atoms with E-state index in [-0.39, 0.29) is 16.7 Å². The zero-order chi connectivity index (χ0) is 13.5. The minimum absolute atomic E-state index is 0.111. The van der Waals surface area contributed by atoms with E-state index in [0.717, 1.165) is 0 Å². The van der Waals surface area contributed by atoms with Gasteiger partial charge in [-0.2, -0.15) is 5.10 Å².